The number of benzene rings is 1. The molecule has 7 heteroatoms. The zero-order valence-electron chi connectivity index (χ0n) is 12.6. The summed E-state index contributed by atoms with van der Waals surface area (Å²) in [7, 11) is 1.55. The van der Waals surface area contributed by atoms with Gasteiger partial charge in [0, 0.05) is 30.9 Å². The molecule has 122 valence electrons. The molecule has 0 aromatic heterocycles. The Bertz CT molecular complexity index is 524. The van der Waals surface area contributed by atoms with Crippen molar-refractivity contribution < 1.29 is 9.59 Å². The van der Waals surface area contributed by atoms with E-state index in [4.69, 9.17) is 5.73 Å². The number of carbonyl (C=O) groups excluding carboxylic acids is 2. The van der Waals surface area contributed by atoms with E-state index in [0.29, 0.717) is 17.8 Å². The Morgan fingerprint density at radius 1 is 1.23 bits per heavy atom. The van der Waals surface area contributed by atoms with Crippen LogP contribution >= 0.6 is 12.4 Å². The minimum absolute atomic E-state index is 0. The zero-order valence-corrected chi connectivity index (χ0v) is 13.4. The molecule has 0 aliphatic heterocycles. The van der Waals surface area contributed by atoms with Crippen LogP contribution in [0.4, 0.5) is 16.2 Å². The molecule has 1 aliphatic carbocycles. The Kier molecular flexibility index (Phi) is 7.14. The Hall–Kier alpha value is -1.79. The number of carbonyl (C=O) groups is 2. The normalized spacial score (nSPS) is 19.9. The van der Waals surface area contributed by atoms with Crippen molar-refractivity contribution in [3.8, 4) is 0 Å². The third-order valence-corrected chi connectivity index (χ3v) is 3.80. The number of nitrogens with one attached hydrogen (secondary N) is 3. The Morgan fingerprint density at radius 3 is 2.50 bits per heavy atom. The maximum absolute atomic E-state index is 12.0. The molecular weight excluding hydrogens is 304 g/mol. The van der Waals surface area contributed by atoms with Gasteiger partial charge in [-0.2, -0.15) is 0 Å². The van der Waals surface area contributed by atoms with Gasteiger partial charge in [-0.25, -0.2) is 4.79 Å². The van der Waals surface area contributed by atoms with E-state index in [-0.39, 0.29) is 36.3 Å². The van der Waals surface area contributed by atoms with Crippen LogP contribution in [0.15, 0.2) is 24.3 Å². The maximum atomic E-state index is 12.0. The molecule has 2 rings (SSSR count). The second kappa shape index (κ2) is 8.60. The SMILES string of the molecule is CNC(=O)Nc1cccc(NC(=O)C[C@@H]2CCC[C@H]2N)c1.Cl. The lowest BCUT2D eigenvalue weighted by Crippen LogP contribution is -2.28. The molecule has 3 amide bonds. The molecule has 1 saturated carbocycles. The molecule has 0 heterocycles. The van der Waals surface area contributed by atoms with Gasteiger partial charge in [-0.3, -0.25) is 4.79 Å². The number of hydrogen-bond acceptors (Lipinski definition) is 3. The molecule has 0 unspecified atom stereocenters. The first-order valence-corrected chi connectivity index (χ1v) is 7.22. The van der Waals surface area contributed by atoms with Crippen LogP contribution in [-0.2, 0) is 4.79 Å². The molecule has 0 radical (unpaired) electrons. The number of amides is 3. The zero-order chi connectivity index (χ0) is 15.2. The predicted octanol–water partition coefficient (Wildman–Crippen LogP) is 2.32. The van der Waals surface area contributed by atoms with E-state index in [1.54, 1.807) is 31.3 Å². The van der Waals surface area contributed by atoms with E-state index >= 15 is 0 Å². The first-order chi connectivity index (χ1) is 10.1. The fourth-order valence-electron chi connectivity index (χ4n) is 2.64. The molecule has 6 nitrogen and oxygen atoms in total. The molecule has 22 heavy (non-hydrogen) atoms. The Balaban J connectivity index is 0.00000242. The Labute approximate surface area is 136 Å². The van der Waals surface area contributed by atoms with Gasteiger partial charge in [-0.1, -0.05) is 12.5 Å². The highest BCUT2D eigenvalue weighted by atomic mass is 35.5. The summed E-state index contributed by atoms with van der Waals surface area (Å²) < 4.78 is 0. The van der Waals surface area contributed by atoms with Gasteiger partial charge in [-0.15, -0.1) is 12.4 Å². The summed E-state index contributed by atoms with van der Waals surface area (Å²) >= 11 is 0. The summed E-state index contributed by atoms with van der Waals surface area (Å²) in [4.78, 5) is 23.3. The second-order valence-electron chi connectivity index (χ2n) is 5.39. The molecule has 0 saturated heterocycles. The van der Waals surface area contributed by atoms with Gasteiger partial charge in [0.1, 0.15) is 0 Å². The molecule has 0 spiro atoms. The summed E-state index contributed by atoms with van der Waals surface area (Å²) in [5.74, 6) is 0.242. The minimum atomic E-state index is -0.296. The molecule has 1 fully saturated rings. The van der Waals surface area contributed by atoms with E-state index in [2.05, 4.69) is 16.0 Å². The van der Waals surface area contributed by atoms with E-state index in [9.17, 15) is 9.59 Å². The van der Waals surface area contributed by atoms with Crippen LogP contribution in [0.1, 0.15) is 25.7 Å². The third-order valence-electron chi connectivity index (χ3n) is 3.80. The van der Waals surface area contributed by atoms with Crippen molar-refractivity contribution in [3.05, 3.63) is 24.3 Å². The number of halogens is 1. The fourth-order valence-corrected chi connectivity index (χ4v) is 2.64. The number of urea groups is 1. The quantitative estimate of drug-likeness (QED) is 0.683. The smallest absolute Gasteiger partial charge is 0.318 e. The average molecular weight is 327 g/mol. The number of rotatable bonds is 4. The first-order valence-electron chi connectivity index (χ1n) is 7.22. The summed E-state index contributed by atoms with van der Waals surface area (Å²) in [6, 6.07) is 6.90. The summed E-state index contributed by atoms with van der Waals surface area (Å²) in [5.41, 5.74) is 7.28. The van der Waals surface area contributed by atoms with Crippen LogP contribution in [-0.4, -0.2) is 25.0 Å². The van der Waals surface area contributed by atoms with Crippen molar-refractivity contribution in [2.24, 2.45) is 11.7 Å². The fraction of sp³-hybridized carbons (Fsp3) is 0.467. The lowest BCUT2D eigenvalue weighted by molar-refractivity contribution is -0.117. The van der Waals surface area contributed by atoms with Crippen LogP contribution in [0, 0.1) is 5.92 Å². The summed E-state index contributed by atoms with van der Waals surface area (Å²) in [6.07, 6.45) is 3.58. The second-order valence-corrected chi connectivity index (χ2v) is 5.39. The van der Waals surface area contributed by atoms with Crippen molar-refractivity contribution in [2.75, 3.05) is 17.7 Å². The van der Waals surface area contributed by atoms with Crippen LogP contribution in [0.25, 0.3) is 0 Å². The highest BCUT2D eigenvalue weighted by molar-refractivity contribution is 5.93. The lowest BCUT2D eigenvalue weighted by Gasteiger charge is -2.15. The van der Waals surface area contributed by atoms with Crippen molar-refractivity contribution in [1.29, 1.82) is 0 Å². The van der Waals surface area contributed by atoms with Gasteiger partial charge in [0.05, 0.1) is 0 Å². The molecule has 2 atom stereocenters. The van der Waals surface area contributed by atoms with Gasteiger partial charge in [0.2, 0.25) is 5.91 Å². The third kappa shape index (κ3) is 5.20. The summed E-state index contributed by atoms with van der Waals surface area (Å²) in [6.45, 7) is 0. The van der Waals surface area contributed by atoms with E-state index in [1.165, 1.54) is 0 Å². The number of hydrogen-bond donors (Lipinski definition) is 4. The van der Waals surface area contributed by atoms with Crippen molar-refractivity contribution in [2.45, 2.75) is 31.7 Å². The average Bonchev–Trinajstić information content (AvgIpc) is 2.84. The first kappa shape index (κ1) is 18.3. The molecule has 0 bridgehead atoms. The predicted molar refractivity (Wildman–Crippen MR) is 90.3 cm³/mol. The standard InChI is InChI=1S/C15H22N4O2.ClH/c1-17-15(21)19-12-6-3-5-11(9-12)18-14(20)8-10-4-2-7-13(10)16;/h3,5-6,9-10,13H,2,4,7-8,16H2,1H3,(H,18,20)(H2,17,19,21);1H/t10-,13+;/m0./s1. The molecule has 5 N–H and O–H groups in total. The van der Waals surface area contributed by atoms with Crippen molar-refractivity contribution >= 4 is 35.7 Å². The highest BCUT2D eigenvalue weighted by Gasteiger charge is 2.25. The number of anilines is 2. The van der Waals surface area contributed by atoms with Crippen molar-refractivity contribution in [3.63, 3.8) is 0 Å². The van der Waals surface area contributed by atoms with E-state index < -0.39 is 0 Å². The van der Waals surface area contributed by atoms with Crippen LogP contribution in [0.2, 0.25) is 0 Å². The van der Waals surface area contributed by atoms with Gasteiger partial charge in [0.15, 0.2) is 0 Å². The summed E-state index contributed by atoms with van der Waals surface area (Å²) in [5, 5.41) is 7.99. The van der Waals surface area contributed by atoms with Gasteiger partial charge in [-0.05, 0) is 37.0 Å². The molecule has 1 aromatic carbocycles. The van der Waals surface area contributed by atoms with Gasteiger partial charge >= 0.3 is 6.03 Å². The van der Waals surface area contributed by atoms with E-state index in [1.807, 2.05) is 0 Å². The van der Waals surface area contributed by atoms with Crippen LogP contribution in [0.3, 0.4) is 0 Å². The van der Waals surface area contributed by atoms with E-state index in [0.717, 1.165) is 19.3 Å². The largest absolute Gasteiger partial charge is 0.341 e. The minimum Gasteiger partial charge on any atom is -0.341 e. The van der Waals surface area contributed by atoms with Crippen molar-refractivity contribution in [1.82, 2.24) is 5.32 Å². The lowest BCUT2D eigenvalue weighted by atomic mass is 10.00. The Morgan fingerprint density at radius 2 is 1.91 bits per heavy atom. The monoisotopic (exact) mass is 326 g/mol. The molecular formula is C15H23ClN4O2. The molecule has 1 aromatic rings. The maximum Gasteiger partial charge on any atom is 0.318 e. The topological polar surface area (TPSA) is 96.2 Å². The van der Waals surface area contributed by atoms with Gasteiger partial charge in [0.25, 0.3) is 0 Å². The van der Waals surface area contributed by atoms with Crippen LogP contribution < -0.4 is 21.7 Å². The molecule has 1 aliphatic rings. The highest BCUT2D eigenvalue weighted by Crippen LogP contribution is 2.27. The van der Waals surface area contributed by atoms with Crippen LogP contribution in [0.5, 0.6) is 0 Å². The number of nitrogens with two attached hydrogens (primary N) is 1. The van der Waals surface area contributed by atoms with Gasteiger partial charge < -0.3 is 21.7 Å².